The quantitative estimate of drug-likeness (QED) is 0.639. The lowest BCUT2D eigenvalue weighted by Gasteiger charge is -2.17. The highest BCUT2D eigenvalue weighted by Crippen LogP contribution is 2.25. The van der Waals surface area contributed by atoms with E-state index in [9.17, 15) is 13.2 Å². The second-order valence-corrected chi connectivity index (χ2v) is 5.18. The van der Waals surface area contributed by atoms with Gasteiger partial charge in [0.2, 0.25) is 0 Å². The Balaban J connectivity index is 1.94. The van der Waals surface area contributed by atoms with Gasteiger partial charge in [-0.2, -0.15) is 13.2 Å². The molecule has 3 N–H and O–H groups in total. The fraction of sp³-hybridized carbons (Fsp3) is 0.571. The van der Waals surface area contributed by atoms with Crippen LogP contribution >= 0.6 is 0 Å². The molecular weight excluding hydrogens is 253 g/mol. The number of hydrogen-bond acceptors (Lipinski definition) is 2. The lowest BCUT2D eigenvalue weighted by atomic mass is 9.99. The van der Waals surface area contributed by atoms with Crippen LogP contribution in [0.5, 0.6) is 0 Å². The molecule has 19 heavy (non-hydrogen) atoms. The molecule has 1 aliphatic rings. The summed E-state index contributed by atoms with van der Waals surface area (Å²) in [5.41, 5.74) is 6.26. The molecule has 1 aromatic carbocycles. The van der Waals surface area contributed by atoms with E-state index in [2.05, 4.69) is 17.6 Å². The highest BCUT2D eigenvalue weighted by Gasteiger charge is 2.28. The molecule has 1 aliphatic carbocycles. The Labute approximate surface area is 111 Å². The molecule has 0 saturated heterocycles. The molecule has 2 nitrogen and oxygen atoms in total. The van der Waals surface area contributed by atoms with E-state index < -0.39 is 12.6 Å². The van der Waals surface area contributed by atoms with Crippen LogP contribution < -0.4 is 11.3 Å². The Morgan fingerprint density at radius 2 is 1.95 bits per heavy atom. The van der Waals surface area contributed by atoms with Crippen molar-refractivity contribution in [1.82, 2.24) is 5.43 Å². The zero-order valence-electron chi connectivity index (χ0n) is 10.8. The molecule has 0 fully saturated rings. The van der Waals surface area contributed by atoms with Crippen LogP contribution in [0.1, 0.15) is 36.0 Å². The third kappa shape index (κ3) is 4.21. The average Bonchev–Trinajstić information content (AvgIpc) is 2.80. The number of aryl methyl sites for hydroxylation is 2. The van der Waals surface area contributed by atoms with Crippen molar-refractivity contribution in [2.24, 2.45) is 5.84 Å². The van der Waals surface area contributed by atoms with Gasteiger partial charge in [-0.15, -0.1) is 0 Å². The third-order valence-corrected chi connectivity index (χ3v) is 3.66. The van der Waals surface area contributed by atoms with Crippen LogP contribution in [0, 0.1) is 0 Å². The minimum absolute atomic E-state index is 0.0110. The molecule has 1 aromatic rings. The number of fused-ring (bicyclic) bond motifs is 1. The SMILES string of the molecule is NNC(CCC(F)(F)F)Cc1ccc2c(c1)CCC2. The molecule has 1 unspecified atom stereocenters. The third-order valence-electron chi connectivity index (χ3n) is 3.66. The van der Waals surface area contributed by atoms with E-state index in [1.807, 2.05) is 6.07 Å². The van der Waals surface area contributed by atoms with Gasteiger partial charge in [-0.05, 0) is 48.8 Å². The maximum Gasteiger partial charge on any atom is 0.389 e. The number of halogens is 3. The largest absolute Gasteiger partial charge is 0.389 e. The van der Waals surface area contributed by atoms with Crippen LogP contribution in [-0.2, 0) is 19.3 Å². The van der Waals surface area contributed by atoms with Crippen LogP contribution in [0.3, 0.4) is 0 Å². The van der Waals surface area contributed by atoms with Crippen LogP contribution in [0.25, 0.3) is 0 Å². The molecular formula is C14H19F3N2. The number of hydrogen-bond donors (Lipinski definition) is 2. The first-order valence-electron chi connectivity index (χ1n) is 6.61. The van der Waals surface area contributed by atoms with Crippen LogP contribution in [-0.4, -0.2) is 12.2 Å². The number of alkyl halides is 3. The molecule has 0 heterocycles. The predicted molar refractivity (Wildman–Crippen MR) is 68.6 cm³/mol. The van der Waals surface area contributed by atoms with Crippen molar-refractivity contribution in [3.63, 3.8) is 0 Å². The lowest BCUT2D eigenvalue weighted by Crippen LogP contribution is -2.37. The van der Waals surface area contributed by atoms with E-state index in [0.717, 1.165) is 18.4 Å². The van der Waals surface area contributed by atoms with Crippen LogP contribution in [0.15, 0.2) is 18.2 Å². The fourth-order valence-corrected chi connectivity index (χ4v) is 2.62. The van der Waals surface area contributed by atoms with E-state index in [1.165, 1.54) is 17.5 Å². The van der Waals surface area contributed by atoms with Gasteiger partial charge in [0.15, 0.2) is 0 Å². The van der Waals surface area contributed by atoms with Crippen molar-refractivity contribution in [2.75, 3.05) is 0 Å². The molecule has 106 valence electrons. The van der Waals surface area contributed by atoms with Crippen molar-refractivity contribution in [2.45, 2.75) is 50.7 Å². The van der Waals surface area contributed by atoms with Crippen molar-refractivity contribution < 1.29 is 13.2 Å². The smallest absolute Gasteiger partial charge is 0.271 e. The summed E-state index contributed by atoms with van der Waals surface area (Å²) < 4.78 is 36.6. The predicted octanol–water partition coefficient (Wildman–Crippen LogP) is 2.89. The topological polar surface area (TPSA) is 38.0 Å². The van der Waals surface area contributed by atoms with Gasteiger partial charge in [0.05, 0.1) is 0 Å². The Kier molecular flexibility index (Phi) is 4.47. The zero-order chi connectivity index (χ0) is 13.9. The maximum atomic E-state index is 12.2. The van der Waals surface area contributed by atoms with E-state index in [-0.39, 0.29) is 12.5 Å². The molecule has 1 atom stereocenters. The molecule has 5 heteroatoms. The molecule has 0 spiro atoms. The monoisotopic (exact) mass is 272 g/mol. The van der Waals surface area contributed by atoms with E-state index in [4.69, 9.17) is 5.84 Å². The summed E-state index contributed by atoms with van der Waals surface area (Å²) in [6, 6.07) is 5.87. The number of nitrogens with one attached hydrogen (secondary N) is 1. The highest BCUT2D eigenvalue weighted by molar-refractivity contribution is 5.35. The second-order valence-electron chi connectivity index (χ2n) is 5.18. The highest BCUT2D eigenvalue weighted by atomic mass is 19.4. The summed E-state index contributed by atoms with van der Waals surface area (Å²) in [5.74, 6) is 5.35. The Morgan fingerprint density at radius 1 is 1.21 bits per heavy atom. The van der Waals surface area contributed by atoms with Crippen LogP contribution in [0.2, 0.25) is 0 Å². The molecule has 0 aromatic heterocycles. The summed E-state index contributed by atoms with van der Waals surface area (Å²) in [4.78, 5) is 0. The van der Waals surface area contributed by atoms with Gasteiger partial charge in [0.1, 0.15) is 0 Å². The van der Waals surface area contributed by atoms with E-state index in [0.29, 0.717) is 6.42 Å². The minimum atomic E-state index is -4.12. The van der Waals surface area contributed by atoms with Gasteiger partial charge < -0.3 is 0 Å². The molecule has 0 amide bonds. The molecule has 0 radical (unpaired) electrons. The first-order valence-corrected chi connectivity index (χ1v) is 6.61. The van der Waals surface area contributed by atoms with Gasteiger partial charge in [0, 0.05) is 12.5 Å². The van der Waals surface area contributed by atoms with Crippen molar-refractivity contribution >= 4 is 0 Å². The van der Waals surface area contributed by atoms with Crippen molar-refractivity contribution in [1.29, 1.82) is 0 Å². The zero-order valence-corrected chi connectivity index (χ0v) is 10.8. The molecule has 0 aliphatic heterocycles. The number of benzene rings is 1. The van der Waals surface area contributed by atoms with Gasteiger partial charge in [-0.1, -0.05) is 18.2 Å². The Bertz CT molecular complexity index is 429. The van der Waals surface area contributed by atoms with Gasteiger partial charge in [-0.3, -0.25) is 11.3 Å². The first kappa shape index (κ1) is 14.3. The fourth-order valence-electron chi connectivity index (χ4n) is 2.62. The summed E-state index contributed by atoms with van der Waals surface area (Å²) in [5, 5.41) is 0. The minimum Gasteiger partial charge on any atom is -0.271 e. The van der Waals surface area contributed by atoms with Gasteiger partial charge >= 0.3 is 6.18 Å². The van der Waals surface area contributed by atoms with Gasteiger partial charge in [0.25, 0.3) is 0 Å². The van der Waals surface area contributed by atoms with Gasteiger partial charge in [-0.25, -0.2) is 0 Å². The van der Waals surface area contributed by atoms with E-state index in [1.54, 1.807) is 0 Å². The standard InChI is InChI=1S/C14H19F3N2/c15-14(16,17)7-6-13(19-18)9-10-4-5-11-2-1-3-12(11)8-10/h4-5,8,13,19H,1-3,6-7,9,18H2. The second kappa shape index (κ2) is 5.92. The molecule has 0 bridgehead atoms. The average molecular weight is 272 g/mol. The first-order chi connectivity index (χ1) is 8.98. The summed E-state index contributed by atoms with van der Waals surface area (Å²) in [6.45, 7) is 0. The molecule has 2 rings (SSSR count). The number of hydrazine groups is 1. The molecule has 0 saturated carbocycles. The van der Waals surface area contributed by atoms with Crippen LogP contribution in [0.4, 0.5) is 13.2 Å². The van der Waals surface area contributed by atoms with E-state index >= 15 is 0 Å². The van der Waals surface area contributed by atoms with Crippen molar-refractivity contribution in [3.05, 3.63) is 34.9 Å². The number of nitrogens with two attached hydrogens (primary N) is 1. The summed E-state index contributed by atoms with van der Waals surface area (Å²) in [7, 11) is 0. The maximum absolute atomic E-state index is 12.2. The van der Waals surface area contributed by atoms with Crippen molar-refractivity contribution in [3.8, 4) is 0 Å². The normalized spacial score (nSPS) is 16.4. The Morgan fingerprint density at radius 3 is 2.63 bits per heavy atom. The Hall–Kier alpha value is -1.07. The summed E-state index contributed by atoms with van der Waals surface area (Å²) >= 11 is 0. The number of rotatable bonds is 5. The summed E-state index contributed by atoms with van der Waals surface area (Å²) in [6.07, 6.45) is -1.00. The lowest BCUT2D eigenvalue weighted by molar-refractivity contribution is -0.136.